The number of hydrogen-bond donors (Lipinski definition) is 1. The monoisotopic (exact) mass is 311 g/mol. The van der Waals surface area contributed by atoms with Gasteiger partial charge in [-0.15, -0.1) is 11.3 Å². The van der Waals surface area contributed by atoms with Gasteiger partial charge in [0.05, 0.1) is 17.1 Å². The van der Waals surface area contributed by atoms with Gasteiger partial charge in [0.25, 0.3) is 0 Å². The van der Waals surface area contributed by atoms with Crippen molar-refractivity contribution in [2.45, 2.75) is 39.3 Å². The molecule has 21 heavy (non-hydrogen) atoms. The van der Waals surface area contributed by atoms with E-state index in [1.807, 2.05) is 6.07 Å². The number of likely N-dealkylation sites (tertiary alicyclic amines) is 1. The standard InChI is InChI=1S/C16H25NO3S/c1-12(18)14-7-13(9-21-14)8-17-6-5-16(19,11-20-4)15(2,3)10-17/h7,9,19H,5-6,8,10-11H2,1-4H3. The first-order valence-corrected chi connectivity index (χ1v) is 8.17. The Hall–Kier alpha value is -0.750. The summed E-state index contributed by atoms with van der Waals surface area (Å²) in [5, 5.41) is 12.8. The van der Waals surface area contributed by atoms with Gasteiger partial charge in [0.1, 0.15) is 0 Å². The molecule has 4 nitrogen and oxygen atoms in total. The third-order valence-electron chi connectivity index (χ3n) is 4.51. The van der Waals surface area contributed by atoms with Crippen molar-refractivity contribution in [1.82, 2.24) is 4.90 Å². The number of Topliss-reactive ketones (excluding diaryl/α,β-unsaturated/α-hetero) is 1. The molecule has 1 aliphatic heterocycles. The van der Waals surface area contributed by atoms with E-state index in [0.29, 0.717) is 13.0 Å². The molecule has 2 heterocycles. The Morgan fingerprint density at radius 1 is 1.52 bits per heavy atom. The molecule has 0 spiro atoms. The van der Waals surface area contributed by atoms with E-state index in [1.165, 1.54) is 16.9 Å². The maximum absolute atomic E-state index is 11.4. The summed E-state index contributed by atoms with van der Waals surface area (Å²) < 4.78 is 5.20. The molecule has 118 valence electrons. The van der Waals surface area contributed by atoms with Gasteiger partial charge in [-0.25, -0.2) is 0 Å². The minimum Gasteiger partial charge on any atom is -0.387 e. The van der Waals surface area contributed by atoms with Crippen molar-refractivity contribution in [2.24, 2.45) is 5.41 Å². The Morgan fingerprint density at radius 3 is 2.76 bits per heavy atom. The number of aliphatic hydroxyl groups is 1. The Morgan fingerprint density at radius 2 is 2.24 bits per heavy atom. The van der Waals surface area contributed by atoms with Crippen LogP contribution in [0.25, 0.3) is 0 Å². The highest BCUT2D eigenvalue weighted by atomic mass is 32.1. The van der Waals surface area contributed by atoms with Crippen LogP contribution in [0.1, 0.15) is 42.4 Å². The van der Waals surface area contributed by atoms with Crippen molar-refractivity contribution in [3.05, 3.63) is 21.9 Å². The average molecular weight is 311 g/mol. The molecule has 0 aromatic carbocycles. The Labute approximate surface area is 130 Å². The van der Waals surface area contributed by atoms with Crippen LogP contribution >= 0.6 is 11.3 Å². The highest BCUT2D eigenvalue weighted by Crippen LogP contribution is 2.39. The summed E-state index contributed by atoms with van der Waals surface area (Å²) in [5.74, 6) is 0.125. The van der Waals surface area contributed by atoms with Crippen LogP contribution < -0.4 is 0 Å². The van der Waals surface area contributed by atoms with Gasteiger partial charge in [0, 0.05) is 32.2 Å². The van der Waals surface area contributed by atoms with Crippen molar-refractivity contribution in [2.75, 3.05) is 26.8 Å². The summed E-state index contributed by atoms with van der Waals surface area (Å²) in [7, 11) is 1.63. The minimum atomic E-state index is -0.766. The molecular formula is C16H25NO3S. The predicted molar refractivity (Wildman–Crippen MR) is 84.8 cm³/mol. The third kappa shape index (κ3) is 3.54. The summed E-state index contributed by atoms with van der Waals surface area (Å²) in [4.78, 5) is 14.5. The van der Waals surface area contributed by atoms with E-state index < -0.39 is 5.60 Å². The van der Waals surface area contributed by atoms with Crippen LogP contribution in [0.4, 0.5) is 0 Å². The second-order valence-corrected chi connectivity index (χ2v) is 7.60. The molecule has 0 amide bonds. The first-order valence-electron chi connectivity index (χ1n) is 7.29. The zero-order chi connectivity index (χ0) is 15.7. The first-order chi connectivity index (χ1) is 9.77. The highest BCUT2D eigenvalue weighted by molar-refractivity contribution is 7.12. The molecule has 5 heteroatoms. The lowest BCUT2D eigenvalue weighted by molar-refractivity contribution is -0.151. The number of methoxy groups -OCH3 is 1. The summed E-state index contributed by atoms with van der Waals surface area (Å²) in [6.07, 6.45) is 0.706. The number of ketones is 1. The third-order valence-corrected chi connectivity index (χ3v) is 5.59. The van der Waals surface area contributed by atoms with E-state index in [-0.39, 0.29) is 11.2 Å². The Bertz CT molecular complexity index is 511. The van der Waals surface area contributed by atoms with Crippen LogP contribution in [0.15, 0.2) is 11.4 Å². The van der Waals surface area contributed by atoms with Crippen LogP contribution in [0.5, 0.6) is 0 Å². The average Bonchev–Trinajstić information content (AvgIpc) is 2.83. The Kier molecular flexibility index (Phi) is 4.88. The van der Waals surface area contributed by atoms with Gasteiger partial charge in [-0.1, -0.05) is 13.8 Å². The summed E-state index contributed by atoms with van der Waals surface area (Å²) in [6, 6.07) is 1.98. The normalized spacial score (nSPS) is 26.0. The number of carbonyl (C=O) groups is 1. The van der Waals surface area contributed by atoms with E-state index in [0.717, 1.165) is 24.5 Å². The smallest absolute Gasteiger partial charge is 0.169 e. The van der Waals surface area contributed by atoms with Gasteiger partial charge in [-0.3, -0.25) is 9.69 Å². The predicted octanol–water partition coefficient (Wildman–Crippen LogP) is 2.56. The van der Waals surface area contributed by atoms with Crippen LogP contribution in [-0.2, 0) is 11.3 Å². The molecule has 2 rings (SSSR count). The minimum absolute atomic E-state index is 0.125. The lowest BCUT2D eigenvalue weighted by Gasteiger charge is -2.50. The van der Waals surface area contributed by atoms with Gasteiger partial charge in [-0.05, 0) is 30.4 Å². The largest absolute Gasteiger partial charge is 0.387 e. The molecule has 1 saturated heterocycles. The molecule has 0 radical (unpaired) electrons. The summed E-state index contributed by atoms with van der Waals surface area (Å²) in [5.41, 5.74) is 0.191. The van der Waals surface area contributed by atoms with E-state index in [2.05, 4.69) is 24.1 Å². The second-order valence-electron chi connectivity index (χ2n) is 6.68. The number of ether oxygens (including phenoxy) is 1. The van der Waals surface area contributed by atoms with Gasteiger partial charge in [0.2, 0.25) is 0 Å². The summed E-state index contributed by atoms with van der Waals surface area (Å²) >= 11 is 1.51. The van der Waals surface area contributed by atoms with Crippen molar-refractivity contribution in [1.29, 1.82) is 0 Å². The zero-order valence-corrected chi connectivity index (χ0v) is 14.1. The molecule has 0 bridgehead atoms. The number of rotatable bonds is 5. The molecular weight excluding hydrogens is 286 g/mol. The maximum atomic E-state index is 11.4. The van der Waals surface area contributed by atoms with Crippen LogP contribution in [0.3, 0.4) is 0 Å². The van der Waals surface area contributed by atoms with Crippen molar-refractivity contribution < 1.29 is 14.6 Å². The highest BCUT2D eigenvalue weighted by Gasteiger charge is 2.47. The van der Waals surface area contributed by atoms with Gasteiger partial charge < -0.3 is 9.84 Å². The van der Waals surface area contributed by atoms with Crippen LogP contribution in [-0.4, -0.2) is 48.2 Å². The van der Waals surface area contributed by atoms with Crippen molar-refractivity contribution in [3.8, 4) is 0 Å². The molecule has 1 aromatic rings. The quantitative estimate of drug-likeness (QED) is 0.849. The molecule has 1 fully saturated rings. The van der Waals surface area contributed by atoms with Crippen molar-refractivity contribution >= 4 is 17.1 Å². The molecule has 0 aliphatic carbocycles. The molecule has 0 saturated carbocycles. The van der Waals surface area contributed by atoms with E-state index in [1.54, 1.807) is 14.0 Å². The first kappa shape index (κ1) is 16.6. The topological polar surface area (TPSA) is 49.8 Å². The fourth-order valence-corrected chi connectivity index (χ4v) is 3.82. The molecule has 1 N–H and O–H groups in total. The zero-order valence-electron chi connectivity index (χ0n) is 13.3. The fraction of sp³-hybridized carbons (Fsp3) is 0.688. The lowest BCUT2D eigenvalue weighted by atomic mass is 9.70. The number of carbonyl (C=O) groups excluding carboxylic acids is 1. The second kappa shape index (κ2) is 6.16. The fourth-order valence-electron chi connectivity index (χ4n) is 3.01. The number of thiophene rings is 1. The number of piperidine rings is 1. The van der Waals surface area contributed by atoms with Gasteiger partial charge in [0.15, 0.2) is 5.78 Å². The van der Waals surface area contributed by atoms with Crippen LogP contribution in [0.2, 0.25) is 0 Å². The van der Waals surface area contributed by atoms with E-state index in [9.17, 15) is 9.90 Å². The number of hydrogen-bond acceptors (Lipinski definition) is 5. The Balaban J connectivity index is 2.02. The molecule has 1 aromatic heterocycles. The molecule has 1 unspecified atom stereocenters. The van der Waals surface area contributed by atoms with E-state index >= 15 is 0 Å². The summed E-state index contributed by atoms with van der Waals surface area (Å²) in [6.45, 7) is 8.65. The van der Waals surface area contributed by atoms with Gasteiger partial charge in [-0.2, -0.15) is 0 Å². The molecule has 1 atom stereocenters. The molecule has 1 aliphatic rings. The van der Waals surface area contributed by atoms with Crippen molar-refractivity contribution in [3.63, 3.8) is 0 Å². The number of nitrogens with zero attached hydrogens (tertiary/aromatic N) is 1. The maximum Gasteiger partial charge on any atom is 0.169 e. The lowest BCUT2D eigenvalue weighted by Crippen LogP contribution is -2.59. The van der Waals surface area contributed by atoms with E-state index in [4.69, 9.17) is 4.74 Å². The van der Waals surface area contributed by atoms with Gasteiger partial charge >= 0.3 is 0 Å². The SMILES string of the molecule is COCC1(O)CCN(Cc2csc(C(C)=O)c2)CC1(C)C. The van der Waals surface area contributed by atoms with Crippen LogP contribution in [0, 0.1) is 5.41 Å².